The molecule has 154 valence electrons. The molecule has 5 nitrogen and oxygen atoms in total. The van der Waals surface area contributed by atoms with Gasteiger partial charge in [0.1, 0.15) is 12.4 Å². The van der Waals surface area contributed by atoms with Crippen LogP contribution in [0.2, 0.25) is 5.02 Å². The number of fused-ring (bicyclic) bond motifs is 1. The van der Waals surface area contributed by atoms with Crippen molar-refractivity contribution in [3.05, 3.63) is 87.1 Å². The van der Waals surface area contributed by atoms with Gasteiger partial charge >= 0.3 is 0 Å². The molecule has 0 aliphatic carbocycles. The lowest BCUT2D eigenvalue weighted by Gasteiger charge is -2.17. The quantitative estimate of drug-likeness (QED) is 0.328. The third kappa shape index (κ3) is 4.78. The molecule has 2 N–H and O–H groups in total. The number of imidazole rings is 1. The van der Waals surface area contributed by atoms with Crippen molar-refractivity contribution in [1.29, 1.82) is 0 Å². The van der Waals surface area contributed by atoms with Gasteiger partial charge in [0, 0.05) is 21.6 Å². The molecule has 0 bridgehead atoms. The van der Waals surface area contributed by atoms with Gasteiger partial charge in [-0.15, -0.1) is 0 Å². The van der Waals surface area contributed by atoms with E-state index in [0.29, 0.717) is 36.2 Å². The minimum absolute atomic E-state index is 0.393. The number of benzene rings is 3. The van der Waals surface area contributed by atoms with Gasteiger partial charge in [-0.25, -0.2) is 4.98 Å². The first-order valence-electron chi connectivity index (χ1n) is 9.51. The van der Waals surface area contributed by atoms with Gasteiger partial charge in [-0.05, 0) is 42.0 Å². The van der Waals surface area contributed by atoms with Crippen molar-refractivity contribution in [1.82, 2.24) is 15.3 Å². The number of nitrogens with one attached hydrogen (secondary N) is 2. The minimum atomic E-state index is 0.393. The van der Waals surface area contributed by atoms with Gasteiger partial charge in [0.05, 0.1) is 24.7 Å². The Morgan fingerprint density at radius 3 is 2.73 bits per heavy atom. The fourth-order valence-corrected chi connectivity index (χ4v) is 3.91. The third-order valence-corrected chi connectivity index (χ3v) is 5.67. The second-order valence-corrected chi connectivity index (χ2v) is 8.07. The summed E-state index contributed by atoms with van der Waals surface area (Å²) in [5.41, 5.74) is 3.96. The third-order valence-electron chi connectivity index (χ3n) is 4.69. The lowest BCUT2D eigenvalue weighted by Crippen LogP contribution is -2.15. The van der Waals surface area contributed by atoms with E-state index in [1.54, 1.807) is 7.11 Å². The molecule has 1 heterocycles. The van der Waals surface area contributed by atoms with Gasteiger partial charge in [0.15, 0.2) is 11.5 Å². The van der Waals surface area contributed by atoms with Crippen LogP contribution in [0.3, 0.4) is 0 Å². The number of halogens is 2. The number of para-hydroxylation sites is 2. The molecule has 0 spiro atoms. The normalized spacial score (nSPS) is 11.0. The molecule has 0 saturated heterocycles. The Kier molecular flexibility index (Phi) is 6.57. The van der Waals surface area contributed by atoms with Crippen molar-refractivity contribution in [2.24, 2.45) is 0 Å². The van der Waals surface area contributed by atoms with Crippen LogP contribution in [0.15, 0.2) is 65.1 Å². The Morgan fingerprint density at radius 1 is 1.07 bits per heavy atom. The highest BCUT2D eigenvalue weighted by Crippen LogP contribution is 2.37. The smallest absolute Gasteiger partial charge is 0.167 e. The molecule has 3 aromatic carbocycles. The highest BCUT2D eigenvalue weighted by atomic mass is 79.9. The number of ether oxygens (including phenoxy) is 2. The molecular formula is C23H21BrClN3O2. The summed E-state index contributed by atoms with van der Waals surface area (Å²) in [4.78, 5) is 7.94. The maximum atomic E-state index is 6.15. The number of nitrogens with zero attached hydrogens (tertiary/aromatic N) is 1. The van der Waals surface area contributed by atoms with Crippen molar-refractivity contribution in [3.63, 3.8) is 0 Å². The molecule has 0 atom stereocenters. The van der Waals surface area contributed by atoms with Crippen LogP contribution < -0.4 is 14.8 Å². The lowest BCUT2D eigenvalue weighted by atomic mass is 10.1. The average molecular weight is 487 g/mol. The van der Waals surface area contributed by atoms with Gasteiger partial charge in [-0.3, -0.25) is 0 Å². The molecule has 1 aromatic heterocycles. The van der Waals surface area contributed by atoms with Gasteiger partial charge in [0.25, 0.3) is 0 Å². The van der Waals surface area contributed by atoms with Crippen molar-refractivity contribution >= 4 is 38.6 Å². The summed E-state index contributed by atoms with van der Waals surface area (Å²) in [6, 6.07) is 19.5. The van der Waals surface area contributed by atoms with Crippen LogP contribution in [0.25, 0.3) is 11.0 Å². The number of aromatic nitrogens is 2. The first-order chi connectivity index (χ1) is 14.6. The van der Waals surface area contributed by atoms with Crippen LogP contribution in [0.1, 0.15) is 17.0 Å². The van der Waals surface area contributed by atoms with Crippen molar-refractivity contribution in [3.8, 4) is 11.5 Å². The van der Waals surface area contributed by atoms with Gasteiger partial charge in [0.2, 0.25) is 0 Å². The van der Waals surface area contributed by atoms with Crippen LogP contribution in [0.4, 0.5) is 0 Å². The average Bonchev–Trinajstić information content (AvgIpc) is 3.16. The zero-order valence-corrected chi connectivity index (χ0v) is 18.8. The van der Waals surface area contributed by atoms with E-state index in [1.807, 2.05) is 60.7 Å². The Morgan fingerprint density at radius 2 is 1.93 bits per heavy atom. The predicted molar refractivity (Wildman–Crippen MR) is 123 cm³/mol. The molecule has 0 aliphatic heterocycles. The van der Waals surface area contributed by atoms with Crippen LogP contribution in [0.5, 0.6) is 11.5 Å². The second kappa shape index (κ2) is 9.51. The zero-order valence-electron chi connectivity index (χ0n) is 16.4. The van der Waals surface area contributed by atoms with Crippen molar-refractivity contribution in [2.75, 3.05) is 7.11 Å². The number of rotatable bonds is 8. The topological polar surface area (TPSA) is 59.2 Å². The van der Waals surface area contributed by atoms with E-state index in [9.17, 15) is 0 Å². The summed E-state index contributed by atoms with van der Waals surface area (Å²) in [5, 5.41) is 4.12. The second-order valence-electron chi connectivity index (χ2n) is 6.78. The SMILES string of the molecule is COc1ccc(Br)c(CNCc2nc3ccccc3[nH]2)c1OCc1cccc(Cl)c1. The summed E-state index contributed by atoms with van der Waals surface area (Å²) in [6.45, 7) is 1.58. The van der Waals surface area contributed by atoms with Gasteiger partial charge < -0.3 is 19.8 Å². The van der Waals surface area contributed by atoms with Crippen LogP contribution in [0, 0.1) is 0 Å². The Hall–Kier alpha value is -2.54. The Bertz CT molecular complexity index is 1130. The highest BCUT2D eigenvalue weighted by Gasteiger charge is 2.15. The number of H-pyrrole nitrogens is 1. The summed E-state index contributed by atoms with van der Waals surface area (Å²) in [5.74, 6) is 2.27. The lowest BCUT2D eigenvalue weighted by molar-refractivity contribution is 0.280. The van der Waals surface area contributed by atoms with E-state index in [0.717, 1.165) is 32.5 Å². The number of hydrogen-bond acceptors (Lipinski definition) is 4. The standard InChI is InChI=1S/C23H21BrClN3O2/c1-29-21-10-9-18(24)17(23(21)30-14-15-5-4-6-16(25)11-15)12-26-13-22-27-19-7-2-3-8-20(19)28-22/h2-11,26H,12-14H2,1H3,(H,27,28). The van der Waals surface area contributed by atoms with E-state index in [4.69, 9.17) is 21.1 Å². The fourth-order valence-electron chi connectivity index (χ4n) is 3.24. The summed E-state index contributed by atoms with van der Waals surface area (Å²) >= 11 is 9.73. The monoisotopic (exact) mass is 485 g/mol. The molecule has 4 aromatic rings. The molecule has 30 heavy (non-hydrogen) atoms. The fraction of sp³-hybridized carbons (Fsp3) is 0.174. The molecule has 0 fully saturated rings. The molecule has 4 rings (SSSR count). The van der Waals surface area contributed by atoms with Crippen LogP contribution in [-0.2, 0) is 19.7 Å². The van der Waals surface area contributed by atoms with Gasteiger partial charge in [-0.2, -0.15) is 0 Å². The molecule has 0 saturated carbocycles. The first kappa shape index (κ1) is 20.7. The summed E-state index contributed by atoms with van der Waals surface area (Å²) in [6.07, 6.45) is 0. The molecule has 0 unspecified atom stereocenters. The summed E-state index contributed by atoms with van der Waals surface area (Å²) < 4.78 is 12.6. The van der Waals surface area contributed by atoms with Gasteiger partial charge in [-0.1, -0.05) is 51.8 Å². The maximum Gasteiger partial charge on any atom is 0.167 e. The van der Waals surface area contributed by atoms with E-state index in [2.05, 4.69) is 31.2 Å². The molecule has 0 aliphatic rings. The number of methoxy groups -OCH3 is 1. The number of aromatic amines is 1. The van der Waals surface area contributed by atoms with E-state index < -0.39 is 0 Å². The zero-order chi connectivity index (χ0) is 20.9. The molecular weight excluding hydrogens is 466 g/mol. The van der Waals surface area contributed by atoms with E-state index in [1.165, 1.54) is 0 Å². The highest BCUT2D eigenvalue weighted by molar-refractivity contribution is 9.10. The van der Waals surface area contributed by atoms with Crippen molar-refractivity contribution in [2.45, 2.75) is 19.7 Å². The Labute approximate surface area is 188 Å². The number of hydrogen-bond donors (Lipinski definition) is 2. The van der Waals surface area contributed by atoms with E-state index in [-0.39, 0.29) is 0 Å². The molecule has 7 heteroatoms. The molecule has 0 radical (unpaired) electrons. The molecule has 0 amide bonds. The van der Waals surface area contributed by atoms with E-state index >= 15 is 0 Å². The largest absolute Gasteiger partial charge is 0.493 e. The van der Waals surface area contributed by atoms with Crippen molar-refractivity contribution < 1.29 is 9.47 Å². The van der Waals surface area contributed by atoms with Crippen LogP contribution >= 0.6 is 27.5 Å². The summed E-state index contributed by atoms with van der Waals surface area (Å²) in [7, 11) is 1.64. The minimum Gasteiger partial charge on any atom is -0.493 e. The first-order valence-corrected chi connectivity index (χ1v) is 10.7. The maximum absolute atomic E-state index is 6.15. The predicted octanol–water partition coefficient (Wildman–Crippen LogP) is 5.86. The Balaban J connectivity index is 1.49. The van der Waals surface area contributed by atoms with Crippen LogP contribution in [-0.4, -0.2) is 17.1 Å².